The molecule has 0 bridgehead atoms. The van der Waals surface area contributed by atoms with Crippen LogP contribution in [0, 0.1) is 3.57 Å². The van der Waals surface area contributed by atoms with E-state index in [1.54, 1.807) is 18.2 Å². The van der Waals surface area contributed by atoms with Crippen molar-refractivity contribution in [3.05, 3.63) is 27.3 Å². The van der Waals surface area contributed by atoms with Crippen LogP contribution in [0.3, 0.4) is 0 Å². The highest BCUT2D eigenvalue weighted by Crippen LogP contribution is 2.14. The molecular weight excluding hydrogens is 244 g/mol. The van der Waals surface area contributed by atoms with Crippen LogP contribution in [-0.2, 0) is 6.67 Å². The third-order valence-corrected chi connectivity index (χ3v) is 1.76. The predicted octanol–water partition coefficient (Wildman–Crippen LogP) is 2.34. The van der Waals surface area contributed by atoms with Crippen molar-refractivity contribution in [2.24, 2.45) is 0 Å². The third-order valence-electron chi connectivity index (χ3n) is 1.13. The fraction of sp³-hybridized carbons (Fsp3) is 0.143. The first-order valence-electron chi connectivity index (χ1n) is 2.83. The molecule has 0 atom stereocenters. The molecule has 0 aliphatic carbocycles. The summed E-state index contributed by atoms with van der Waals surface area (Å²) >= 11 is 2.11. The lowest BCUT2D eigenvalue weighted by atomic mass is 10.2. The summed E-state index contributed by atoms with van der Waals surface area (Å²) in [6.45, 7) is -0.443. The molecule has 1 aromatic rings. The van der Waals surface area contributed by atoms with Crippen molar-refractivity contribution in [3.8, 4) is 0 Å². The van der Waals surface area contributed by atoms with Gasteiger partial charge in [-0.3, -0.25) is 0 Å². The van der Waals surface area contributed by atoms with Gasteiger partial charge in [0.1, 0.15) is 6.67 Å². The number of halogens is 2. The summed E-state index contributed by atoms with van der Waals surface area (Å²) in [5, 5.41) is 0. The van der Waals surface area contributed by atoms with Gasteiger partial charge >= 0.3 is 0 Å². The Labute approximate surface area is 72.6 Å². The minimum atomic E-state index is -0.443. The lowest BCUT2D eigenvalue weighted by Crippen LogP contribution is -1.88. The molecular formula is C7H7FIN. The number of anilines is 1. The Bertz CT molecular complexity index is 217. The molecule has 3 heteroatoms. The minimum absolute atomic E-state index is 0.443. The molecule has 0 unspecified atom stereocenters. The van der Waals surface area contributed by atoms with E-state index >= 15 is 0 Å². The first kappa shape index (κ1) is 7.78. The van der Waals surface area contributed by atoms with Crippen molar-refractivity contribution < 1.29 is 4.39 Å². The molecule has 0 heterocycles. The molecule has 10 heavy (non-hydrogen) atoms. The van der Waals surface area contributed by atoms with Gasteiger partial charge < -0.3 is 5.73 Å². The van der Waals surface area contributed by atoms with Crippen LogP contribution in [0.1, 0.15) is 5.56 Å². The zero-order valence-corrected chi connectivity index (χ0v) is 7.43. The molecule has 0 aromatic heterocycles. The minimum Gasteiger partial charge on any atom is -0.399 e. The van der Waals surface area contributed by atoms with Crippen LogP contribution in [0.2, 0.25) is 0 Å². The molecule has 1 aromatic carbocycles. The smallest absolute Gasteiger partial charge is 0.115 e. The quantitative estimate of drug-likeness (QED) is 0.601. The molecule has 1 rings (SSSR count). The molecule has 0 fully saturated rings. The topological polar surface area (TPSA) is 26.0 Å². The normalized spacial score (nSPS) is 9.80. The van der Waals surface area contributed by atoms with Crippen LogP contribution < -0.4 is 5.73 Å². The zero-order chi connectivity index (χ0) is 7.56. The maximum Gasteiger partial charge on any atom is 0.115 e. The lowest BCUT2D eigenvalue weighted by molar-refractivity contribution is 0.485. The van der Waals surface area contributed by atoms with Crippen molar-refractivity contribution >= 4 is 28.3 Å². The molecule has 0 saturated carbocycles. The standard InChI is InChI=1S/C7H7FIN/c8-4-5-1-6(9)3-7(10)2-5/h1-3H,4,10H2. The van der Waals surface area contributed by atoms with Crippen molar-refractivity contribution in [3.63, 3.8) is 0 Å². The van der Waals surface area contributed by atoms with Crippen molar-refractivity contribution in [2.75, 3.05) is 5.73 Å². The number of nitrogen functional groups attached to an aromatic ring is 1. The molecule has 0 aliphatic heterocycles. The Morgan fingerprint density at radius 3 is 2.60 bits per heavy atom. The Balaban J connectivity index is 3.06. The van der Waals surface area contributed by atoms with E-state index in [0.717, 1.165) is 3.57 Å². The average molecular weight is 251 g/mol. The van der Waals surface area contributed by atoms with Gasteiger partial charge in [-0.15, -0.1) is 0 Å². The van der Waals surface area contributed by atoms with Crippen LogP contribution >= 0.6 is 22.6 Å². The van der Waals surface area contributed by atoms with E-state index in [0.29, 0.717) is 11.3 Å². The summed E-state index contributed by atoms with van der Waals surface area (Å²) in [5.74, 6) is 0. The number of rotatable bonds is 1. The molecule has 0 saturated heterocycles. The monoisotopic (exact) mass is 251 g/mol. The molecule has 0 spiro atoms. The Morgan fingerprint density at radius 2 is 2.10 bits per heavy atom. The van der Waals surface area contributed by atoms with Crippen LogP contribution in [0.4, 0.5) is 10.1 Å². The molecule has 1 nitrogen and oxygen atoms in total. The summed E-state index contributed by atoms with van der Waals surface area (Å²) in [6, 6.07) is 5.22. The summed E-state index contributed by atoms with van der Waals surface area (Å²) in [6.07, 6.45) is 0. The second kappa shape index (κ2) is 3.18. The van der Waals surface area contributed by atoms with Gasteiger partial charge in [0.2, 0.25) is 0 Å². The first-order chi connectivity index (χ1) is 4.72. The Kier molecular flexibility index (Phi) is 2.48. The van der Waals surface area contributed by atoms with Gasteiger partial charge in [-0.2, -0.15) is 0 Å². The fourth-order valence-corrected chi connectivity index (χ4v) is 1.51. The van der Waals surface area contributed by atoms with Gasteiger partial charge in [-0.05, 0) is 46.4 Å². The molecule has 0 aliphatic rings. The van der Waals surface area contributed by atoms with Gasteiger partial charge in [0.05, 0.1) is 0 Å². The fourth-order valence-electron chi connectivity index (χ4n) is 0.753. The van der Waals surface area contributed by atoms with Crippen LogP contribution in [-0.4, -0.2) is 0 Å². The number of alkyl halides is 1. The first-order valence-corrected chi connectivity index (χ1v) is 3.91. The summed E-state index contributed by atoms with van der Waals surface area (Å²) in [5.41, 5.74) is 6.73. The number of nitrogens with two attached hydrogens (primary N) is 1. The van der Waals surface area contributed by atoms with E-state index in [2.05, 4.69) is 22.6 Å². The SMILES string of the molecule is Nc1cc(I)cc(CF)c1. The molecule has 0 radical (unpaired) electrons. The van der Waals surface area contributed by atoms with Crippen LogP contribution in [0.25, 0.3) is 0 Å². The Hall–Kier alpha value is -0.320. The van der Waals surface area contributed by atoms with E-state index in [-0.39, 0.29) is 0 Å². The third kappa shape index (κ3) is 1.83. The van der Waals surface area contributed by atoms with Crippen molar-refractivity contribution in [2.45, 2.75) is 6.67 Å². The largest absolute Gasteiger partial charge is 0.399 e. The summed E-state index contributed by atoms with van der Waals surface area (Å²) in [4.78, 5) is 0. The highest BCUT2D eigenvalue weighted by Gasteiger charge is 1.94. The van der Waals surface area contributed by atoms with Crippen LogP contribution in [0.5, 0.6) is 0 Å². The summed E-state index contributed by atoms with van der Waals surface area (Å²) < 4.78 is 13.0. The second-order valence-electron chi connectivity index (χ2n) is 2.03. The van der Waals surface area contributed by atoms with Gasteiger partial charge in [0.15, 0.2) is 0 Å². The highest BCUT2D eigenvalue weighted by atomic mass is 127. The molecule has 0 amide bonds. The Morgan fingerprint density at radius 1 is 1.40 bits per heavy atom. The van der Waals surface area contributed by atoms with E-state index < -0.39 is 6.67 Å². The number of hydrogen-bond acceptors (Lipinski definition) is 1. The van der Waals surface area contributed by atoms with E-state index in [9.17, 15) is 4.39 Å². The maximum absolute atomic E-state index is 12.0. The summed E-state index contributed by atoms with van der Waals surface area (Å²) in [7, 11) is 0. The van der Waals surface area contributed by atoms with E-state index in [1.165, 1.54) is 0 Å². The second-order valence-corrected chi connectivity index (χ2v) is 3.27. The van der Waals surface area contributed by atoms with E-state index in [1.807, 2.05) is 0 Å². The lowest BCUT2D eigenvalue weighted by Gasteiger charge is -1.97. The van der Waals surface area contributed by atoms with Crippen molar-refractivity contribution in [1.29, 1.82) is 0 Å². The van der Waals surface area contributed by atoms with E-state index in [4.69, 9.17) is 5.73 Å². The molecule has 54 valence electrons. The highest BCUT2D eigenvalue weighted by molar-refractivity contribution is 14.1. The number of hydrogen-bond donors (Lipinski definition) is 1. The van der Waals surface area contributed by atoms with Gasteiger partial charge in [0, 0.05) is 9.26 Å². The van der Waals surface area contributed by atoms with Gasteiger partial charge in [0.25, 0.3) is 0 Å². The zero-order valence-electron chi connectivity index (χ0n) is 5.27. The average Bonchev–Trinajstić information content (AvgIpc) is 1.85. The van der Waals surface area contributed by atoms with Gasteiger partial charge in [-0.1, -0.05) is 0 Å². The van der Waals surface area contributed by atoms with Gasteiger partial charge in [-0.25, -0.2) is 4.39 Å². The number of benzene rings is 1. The predicted molar refractivity (Wildman–Crippen MR) is 48.4 cm³/mol. The van der Waals surface area contributed by atoms with Crippen molar-refractivity contribution in [1.82, 2.24) is 0 Å². The molecule has 2 N–H and O–H groups in total. The maximum atomic E-state index is 12.0. The van der Waals surface area contributed by atoms with Crippen LogP contribution in [0.15, 0.2) is 18.2 Å².